The smallest absolute Gasteiger partial charge is 0.236 e. The van der Waals surface area contributed by atoms with Crippen molar-refractivity contribution >= 4 is 17.5 Å². The average Bonchev–Trinajstić information content (AvgIpc) is 2.53. The molecular weight excluding hydrogens is 286 g/mol. The molecule has 1 saturated heterocycles. The van der Waals surface area contributed by atoms with Gasteiger partial charge in [-0.05, 0) is 37.2 Å². The van der Waals surface area contributed by atoms with E-state index in [1.807, 2.05) is 29.2 Å². The van der Waals surface area contributed by atoms with Crippen molar-refractivity contribution in [1.29, 1.82) is 0 Å². The van der Waals surface area contributed by atoms with Crippen LogP contribution in [0, 0.1) is 0 Å². The lowest BCUT2D eigenvalue weighted by molar-refractivity contribution is -0.131. The van der Waals surface area contributed by atoms with Gasteiger partial charge in [0.1, 0.15) is 0 Å². The van der Waals surface area contributed by atoms with Crippen LogP contribution in [-0.2, 0) is 11.2 Å². The van der Waals surface area contributed by atoms with Gasteiger partial charge in [-0.25, -0.2) is 0 Å². The fraction of sp³-hybridized carbons (Fsp3) is 0.562. The van der Waals surface area contributed by atoms with Gasteiger partial charge in [-0.1, -0.05) is 30.7 Å². The van der Waals surface area contributed by atoms with E-state index in [1.54, 1.807) is 0 Å². The van der Waals surface area contributed by atoms with Gasteiger partial charge in [-0.15, -0.1) is 0 Å². The molecule has 0 saturated carbocycles. The number of rotatable bonds is 6. The Morgan fingerprint density at radius 1 is 1.19 bits per heavy atom. The van der Waals surface area contributed by atoms with Crippen molar-refractivity contribution in [1.82, 2.24) is 15.1 Å². The minimum Gasteiger partial charge on any atom is -0.339 e. The Bertz CT molecular complexity index is 441. The standard InChI is InChI=1S/C16H24ClN3O/c1-2-19-9-11-20(12-10-19)16(21)13-18-8-7-14-3-5-15(17)6-4-14/h3-6,18H,2,7-13H2,1H3. The third-order valence-corrected chi connectivity index (χ3v) is 4.20. The fourth-order valence-corrected chi connectivity index (χ4v) is 2.63. The molecule has 0 unspecified atom stereocenters. The molecule has 0 atom stereocenters. The Kier molecular flexibility index (Phi) is 6.49. The topological polar surface area (TPSA) is 35.6 Å². The molecule has 1 N–H and O–H groups in total. The number of nitrogens with zero attached hydrogens (tertiary/aromatic N) is 2. The maximum atomic E-state index is 12.1. The zero-order chi connectivity index (χ0) is 15.1. The molecule has 0 bridgehead atoms. The van der Waals surface area contributed by atoms with Gasteiger partial charge in [0.15, 0.2) is 0 Å². The van der Waals surface area contributed by atoms with Crippen LogP contribution in [0.2, 0.25) is 5.02 Å². The number of hydrogen-bond acceptors (Lipinski definition) is 3. The van der Waals surface area contributed by atoms with E-state index >= 15 is 0 Å². The molecule has 0 spiro atoms. The zero-order valence-corrected chi connectivity index (χ0v) is 13.4. The quantitative estimate of drug-likeness (QED) is 0.812. The van der Waals surface area contributed by atoms with E-state index in [2.05, 4.69) is 17.1 Å². The molecule has 1 aromatic rings. The summed E-state index contributed by atoms with van der Waals surface area (Å²) >= 11 is 5.85. The van der Waals surface area contributed by atoms with Crippen molar-refractivity contribution in [3.63, 3.8) is 0 Å². The Morgan fingerprint density at radius 3 is 2.48 bits per heavy atom. The molecular formula is C16H24ClN3O. The van der Waals surface area contributed by atoms with Crippen molar-refractivity contribution < 1.29 is 4.79 Å². The SMILES string of the molecule is CCN1CCN(C(=O)CNCCc2ccc(Cl)cc2)CC1. The van der Waals surface area contributed by atoms with Crippen LogP contribution in [0.5, 0.6) is 0 Å². The highest BCUT2D eigenvalue weighted by Crippen LogP contribution is 2.09. The molecule has 1 heterocycles. The Labute approximate surface area is 132 Å². The van der Waals surface area contributed by atoms with E-state index in [4.69, 9.17) is 11.6 Å². The van der Waals surface area contributed by atoms with Crippen LogP contribution < -0.4 is 5.32 Å². The van der Waals surface area contributed by atoms with E-state index < -0.39 is 0 Å². The predicted octanol–water partition coefficient (Wildman–Crippen LogP) is 1.64. The summed E-state index contributed by atoms with van der Waals surface area (Å²) in [5, 5.41) is 3.99. The lowest BCUT2D eigenvalue weighted by Crippen LogP contribution is -2.50. The molecule has 2 rings (SSSR count). The van der Waals surface area contributed by atoms with Gasteiger partial charge in [0.2, 0.25) is 5.91 Å². The maximum absolute atomic E-state index is 12.1. The molecule has 5 heteroatoms. The number of piperazine rings is 1. The minimum atomic E-state index is 0.210. The minimum absolute atomic E-state index is 0.210. The third-order valence-electron chi connectivity index (χ3n) is 3.95. The number of likely N-dealkylation sites (N-methyl/N-ethyl adjacent to an activating group) is 1. The summed E-state index contributed by atoms with van der Waals surface area (Å²) in [5.74, 6) is 0.210. The number of halogens is 1. The second-order valence-corrected chi connectivity index (χ2v) is 5.80. The van der Waals surface area contributed by atoms with E-state index in [0.717, 1.165) is 50.7 Å². The summed E-state index contributed by atoms with van der Waals surface area (Å²) in [4.78, 5) is 16.4. The second-order valence-electron chi connectivity index (χ2n) is 5.37. The van der Waals surface area contributed by atoms with Gasteiger partial charge < -0.3 is 15.1 Å². The Morgan fingerprint density at radius 2 is 1.86 bits per heavy atom. The summed E-state index contributed by atoms with van der Waals surface area (Å²) in [7, 11) is 0. The van der Waals surface area contributed by atoms with E-state index in [0.29, 0.717) is 6.54 Å². The first-order valence-electron chi connectivity index (χ1n) is 7.64. The second kappa shape index (κ2) is 8.37. The number of amides is 1. The Balaban J connectivity index is 1.62. The van der Waals surface area contributed by atoms with Gasteiger partial charge >= 0.3 is 0 Å². The molecule has 4 nitrogen and oxygen atoms in total. The van der Waals surface area contributed by atoms with Gasteiger partial charge in [0.05, 0.1) is 6.54 Å². The zero-order valence-electron chi connectivity index (χ0n) is 12.6. The summed E-state index contributed by atoms with van der Waals surface area (Å²) in [5.41, 5.74) is 1.23. The van der Waals surface area contributed by atoms with E-state index in [1.165, 1.54) is 5.56 Å². The maximum Gasteiger partial charge on any atom is 0.236 e. The molecule has 0 aromatic heterocycles. The number of benzene rings is 1. The van der Waals surface area contributed by atoms with Crippen LogP contribution in [-0.4, -0.2) is 61.5 Å². The molecule has 0 radical (unpaired) electrons. The normalized spacial score (nSPS) is 16.2. The van der Waals surface area contributed by atoms with Gasteiger partial charge in [-0.3, -0.25) is 4.79 Å². The van der Waals surface area contributed by atoms with Crippen LogP contribution in [0.25, 0.3) is 0 Å². The van der Waals surface area contributed by atoms with Crippen molar-refractivity contribution in [2.24, 2.45) is 0 Å². The summed E-state index contributed by atoms with van der Waals surface area (Å²) in [6, 6.07) is 7.84. The molecule has 1 aliphatic rings. The number of hydrogen-bond donors (Lipinski definition) is 1. The van der Waals surface area contributed by atoms with Crippen molar-refractivity contribution in [3.05, 3.63) is 34.9 Å². The molecule has 1 aromatic carbocycles. The van der Waals surface area contributed by atoms with Gasteiger partial charge in [0, 0.05) is 31.2 Å². The number of nitrogens with one attached hydrogen (secondary N) is 1. The van der Waals surface area contributed by atoms with Gasteiger partial charge in [-0.2, -0.15) is 0 Å². The molecule has 1 aliphatic heterocycles. The predicted molar refractivity (Wildman–Crippen MR) is 86.7 cm³/mol. The molecule has 1 amide bonds. The van der Waals surface area contributed by atoms with Gasteiger partial charge in [0.25, 0.3) is 0 Å². The highest BCUT2D eigenvalue weighted by atomic mass is 35.5. The third kappa shape index (κ3) is 5.30. The van der Waals surface area contributed by atoms with Crippen LogP contribution in [0.15, 0.2) is 24.3 Å². The lowest BCUT2D eigenvalue weighted by atomic mass is 10.1. The van der Waals surface area contributed by atoms with Crippen LogP contribution in [0.3, 0.4) is 0 Å². The molecule has 1 fully saturated rings. The van der Waals surface area contributed by atoms with Crippen LogP contribution >= 0.6 is 11.6 Å². The monoisotopic (exact) mass is 309 g/mol. The lowest BCUT2D eigenvalue weighted by Gasteiger charge is -2.34. The molecule has 0 aliphatic carbocycles. The van der Waals surface area contributed by atoms with Crippen LogP contribution in [0.4, 0.5) is 0 Å². The molecule has 116 valence electrons. The summed E-state index contributed by atoms with van der Waals surface area (Å²) in [6.07, 6.45) is 0.911. The Hall–Kier alpha value is -1.10. The number of carbonyl (C=O) groups is 1. The van der Waals surface area contributed by atoms with Crippen molar-refractivity contribution in [2.75, 3.05) is 45.8 Å². The van der Waals surface area contributed by atoms with Crippen LogP contribution in [0.1, 0.15) is 12.5 Å². The van der Waals surface area contributed by atoms with Crippen molar-refractivity contribution in [2.45, 2.75) is 13.3 Å². The van der Waals surface area contributed by atoms with E-state index in [-0.39, 0.29) is 5.91 Å². The summed E-state index contributed by atoms with van der Waals surface area (Å²) < 4.78 is 0. The van der Waals surface area contributed by atoms with E-state index in [9.17, 15) is 4.79 Å². The van der Waals surface area contributed by atoms with Crippen molar-refractivity contribution in [3.8, 4) is 0 Å². The first-order valence-corrected chi connectivity index (χ1v) is 8.02. The first kappa shape index (κ1) is 16.3. The fourth-order valence-electron chi connectivity index (χ4n) is 2.50. The highest BCUT2D eigenvalue weighted by molar-refractivity contribution is 6.30. The highest BCUT2D eigenvalue weighted by Gasteiger charge is 2.19. The first-order chi connectivity index (χ1) is 10.2. The molecule has 21 heavy (non-hydrogen) atoms. The summed E-state index contributed by atoms with van der Waals surface area (Å²) in [6.45, 7) is 8.16. The largest absolute Gasteiger partial charge is 0.339 e. The average molecular weight is 310 g/mol. The number of carbonyl (C=O) groups excluding carboxylic acids is 1.